The number of carbonyl (C=O) groups is 1. The zero-order chi connectivity index (χ0) is 20.5. The van der Waals surface area contributed by atoms with Gasteiger partial charge >= 0.3 is 0 Å². The number of alkyl halides is 2. The van der Waals surface area contributed by atoms with Crippen LogP contribution in [0.2, 0.25) is 0 Å². The number of amides is 1. The average molecular weight is 393 g/mol. The highest BCUT2D eigenvalue weighted by Gasteiger charge is 2.46. The van der Waals surface area contributed by atoms with Crippen molar-refractivity contribution in [3.05, 3.63) is 53.1 Å². The number of carbonyl (C=O) groups excluding carboxylic acids is 1. The number of nitrogens with two attached hydrogens (primary N) is 2. The van der Waals surface area contributed by atoms with Crippen LogP contribution in [-0.2, 0) is 10.3 Å². The van der Waals surface area contributed by atoms with Crippen molar-refractivity contribution in [1.82, 2.24) is 4.98 Å². The van der Waals surface area contributed by atoms with Gasteiger partial charge in [-0.15, -0.1) is 0 Å². The summed E-state index contributed by atoms with van der Waals surface area (Å²) in [6.07, 6.45) is -1.76. The standard InChI is InChI=1S/C18H18F3N5O2/c1-9-4-10(22)6-24-15(9)16(27)25-11-2-3-13(19)12(5-11)18(17(20)21)8-28-7-14(23)26-18/h2-6,17H,7-8,22H2,1H3,(H2,23,26)(H,25,27)/t18-/m0/s1. The maximum atomic E-state index is 14.4. The molecule has 0 bridgehead atoms. The molecule has 0 unspecified atom stereocenters. The third-order valence-corrected chi connectivity index (χ3v) is 4.28. The molecule has 28 heavy (non-hydrogen) atoms. The number of aryl methyl sites for hydroxylation is 1. The Kier molecular flexibility index (Phi) is 5.23. The van der Waals surface area contributed by atoms with Crippen molar-refractivity contribution >= 4 is 23.1 Å². The monoisotopic (exact) mass is 393 g/mol. The second-order valence-corrected chi connectivity index (χ2v) is 6.40. The average Bonchev–Trinajstić information content (AvgIpc) is 2.62. The van der Waals surface area contributed by atoms with Gasteiger partial charge in [0.05, 0.1) is 18.5 Å². The number of pyridine rings is 1. The molecule has 0 aliphatic carbocycles. The summed E-state index contributed by atoms with van der Waals surface area (Å²) < 4.78 is 47.2. The van der Waals surface area contributed by atoms with Crippen LogP contribution in [-0.4, -0.2) is 36.4 Å². The maximum absolute atomic E-state index is 14.4. The fourth-order valence-electron chi connectivity index (χ4n) is 2.96. The fourth-order valence-corrected chi connectivity index (χ4v) is 2.96. The maximum Gasteiger partial charge on any atom is 0.274 e. The van der Waals surface area contributed by atoms with Crippen molar-refractivity contribution in [1.29, 1.82) is 0 Å². The molecule has 0 radical (unpaired) electrons. The lowest BCUT2D eigenvalue weighted by Gasteiger charge is -2.33. The molecule has 0 spiro atoms. The molecule has 5 N–H and O–H groups in total. The number of halogens is 3. The Hall–Kier alpha value is -3.14. The molecule has 2 heterocycles. The minimum atomic E-state index is -3.08. The van der Waals surface area contributed by atoms with Crippen molar-refractivity contribution in [2.45, 2.75) is 18.9 Å². The van der Waals surface area contributed by atoms with Crippen LogP contribution in [0.25, 0.3) is 0 Å². The molecule has 3 rings (SSSR count). The van der Waals surface area contributed by atoms with Crippen LogP contribution in [0.15, 0.2) is 35.5 Å². The van der Waals surface area contributed by atoms with Gasteiger partial charge in [-0.05, 0) is 36.8 Å². The Labute approximate surface area is 158 Å². The summed E-state index contributed by atoms with van der Waals surface area (Å²) in [6, 6.07) is 4.89. The van der Waals surface area contributed by atoms with Crippen molar-refractivity contribution in [2.24, 2.45) is 10.7 Å². The van der Waals surface area contributed by atoms with E-state index < -0.39 is 35.9 Å². The Bertz CT molecular complexity index is 951. The van der Waals surface area contributed by atoms with Gasteiger partial charge in [0.25, 0.3) is 12.3 Å². The fraction of sp³-hybridized carbons (Fsp3) is 0.278. The topological polar surface area (TPSA) is 116 Å². The summed E-state index contributed by atoms with van der Waals surface area (Å²) in [4.78, 5) is 20.2. The highest BCUT2D eigenvalue weighted by molar-refractivity contribution is 6.04. The molecule has 1 aromatic heterocycles. The third kappa shape index (κ3) is 3.63. The van der Waals surface area contributed by atoms with Gasteiger partial charge in [-0.2, -0.15) is 0 Å². The van der Waals surface area contributed by atoms with E-state index in [1.807, 2.05) is 0 Å². The lowest BCUT2D eigenvalue weighted by Crippen LogP contribution is -2.45. The largest absolute Gasteiger partial charge is 0.397 e. The van der Waals surface area contributed by atoms with E-state index in [9.17, 15) is 18.0 Å². The van der Waals surface area contributed by atoms with Crippen LogP contribution in [0, 0.1) is 12.7 Å². The number of nitrogens with one attached hydrogen (secondary N) is 1. The summed E-state index contributed by atoms with van der Waals surface area (Å²) in [5.74, 6) is -1.67. The van der Waals surface area contributed by atoms with Gasteiger partial charge in [-0.25, -0.2) is 18.2 Å². The summed E-state index contributed by atoms with van der Waals surface area (Å²) in [7, 11) is 0. The van der Waals surface area contributed by atoms with Gasteiger partial charge in [0.2, 0.25) is 0 Å². The number of hydrogen-bond donors (Lipinski definition) is 3. The van der Waals surface area contributed by atoms with E-state index in [0.29, 0.717) is 11.3 Å². The summed E-state index contributed by atoms with van der Waals surface area (Å²) in [5.41, 5.74) is 9.56. The van der Waals surface area contributed by atoms with E-state index in [2.05, 4.69) is 15.3 Å². The van der Waals surface area contributed by atoms with Gasteiger partial charge in [-0.1, -0.05) is 0 Å². The Balaban J connectivity index is 1.97. The Morgan fingerprint density at radius 2 is 2.07 bits per heavy atom. The second kappa shape index (κ2) is 7.47. The highest BCUT2D eigenvalue weighted by atomic mass is 19.3. The normalized spacial score (nSPS) is 19.4. The lowest BCUT2D eigenvalue weighted by atomic mass is 9.90. The van der Waals surface area contributed by atoms with Crippen LogP contribution < -0.4 is 16.8 Å². The van der Waals surface area contributed by atoms with E-state index in [1.54, 1.807) is 13.0 Å². The molecule has 1 aliphatic heterocycles. The van der Waals surface area contributed by atoms with E-state index in [0.717, 1.165) is 12.1 Å². The quantitative estimate of drug-likeness (QED) is 0.737. The molecule has 0 saturated heterocycles. The number of hydrogen-bond acceptors (Lipinski definition) is 6. The summed E-state index contributed by atoms with van der Waals surface area (Å²) in [5, 5.41) is 2.52. The van der Waals surface area contributed by atoms with E-state index >= 15 is 0 Å². The molecule has 1 aliphatic rings. The smallest absolute Gasteiger partial charge is 0.274 e. The molecule has 2 aromatic rings. The van der Waals surface area contributed by atoms with Crippen LogP contribution in [0.3, 0.4) is 0 Å². The Morgan fingerprint density at radius 3 is 2.71 bits per heavy atom. The molecule has 10 heteroatoms. The van der Waals surface area contributed by atoms with Gasteiger partial charge < -0.3 is 21.5 Å². The molecule has 0 fully saturated rings. The first-order chi connectivity index (χ1) is 13.2. The van der Waals surface area contributed by atoms with Crippen molar-refractivity contribution in [2.75, 3.05) is 24.3 Å². The number of aromatic nitrogens is 1. The zero-order valence-electron chi connectivity index (χ0n) is 14.9. The van der Waals surface area contributed by atoms with E-state index in [1.165, 1.54) is 12.3 Å². The molecular weight excluding hydrogens is 375 g/mol. The van der Waals surface area contributed by atoms with Gasteiger partial charge in [0, 0.05) is 11.3 Å². The molecule has 148 valence electrons. The molecule has 1 atom stereocenters. The van der Waals surface area contributed by atoms with Crippen LogP contribution in [0.5, 0.6) is 0 Å². The first-order valence-corrected chi connectivity index (χ1v) is 8.26. The third-order valence-electron chi connectivity index (χ3n) is 4.28. The Morgan fingerprint density at radius 1 is 1.32 bits per heavy atom. The van der Waals surface area contributed by atoms with Crippen LogP contribution >= 0.6 is 0 Å². The molecule has 1 amide bonds. The number of nitrogen functional groups attached to an aromatic ring is 1. The predicted molar refractivity (Wildman–Crippen MR) is 97.9 cm³/mol. The van der Waals surface area contributed by atoms with Gasteiger partial charge in [-0.3, -0.25) is 9.79 Å². The van der Waals surface area contributed by atoms with E-state index in [4.69, 9.17) is 16.2 Å². The zero-order valence-corrected chi connectivity index (χ0v) is 14.9. The number of anilines is 2. The lowest BCUT2D eigenvalue weighted by molar-refractivity contribution is -0.0145. The number of amidine groups is 1. The number of benzene rings is 1. The molecular formula is C18H18F3N5O2. The number of ether oxygens (including phenoxy) is 1. The van der Waals surface area contributed by atoms with Crippen molar-refractivity contribution in [3.8, 4) is 0 Å². The SMILES string of the molecule is Cc1cc(N)cnc1C(=O)Nc1ccc(F)c([C@]2(C(F)F)COCC(N)=N2)c1. The first kappa shape index (κ1) is 19.6. The number of aliphatic imine (C=N–C) groups is 1. The van der Waals surface area contributed by atoms with Gasteiger partial charge in [0.15, 0.2) is 5.54 Å². The van der Waals surface area contributed by atoms with E-state index in [-0.39, 0.29) is 23.8 Å². The summed E-state index contributed by atoms with van der Waals surface area (Å²) >= 11 is 0. The van der Waals surface area contributed by atoms with Crippen LogP contribution in [0.4, 0.5) is 24.5 Å². The molecule has 0 saturated carbocycles. The molecule has 7 nitrogen and oxygen atoms in total. The highest BCUT2D eigenvalue weighted by Crippen LogP contribution is 2.38. The van der Waals surface area contributed by atoms with Crippen LogP contribution in [0.1, 0.15) is 21.6 Å². The minimum absolute atomic E-state index is 0.0961. The molecule has 1 aromatic carbocycles. The predicted octanol–water partition coefficient (Wildman–Crippen LogP) is 2.21. The second-order valence-electron chi connectivity index (χ2n) is 6.40. The van der Waals surface area contributed by atoms with Gasteiger partial charge in [0.1, 0.15) is 24.0 Å². The summed E-state index contributed by atoms with van der Waals surface area (Å²) in [6.45, 7) is 0.990. The number of rotatable bonds is 4. The van der Waals surface area contributed by atoms with Crippen molar-refractivity contribution < 1.29 is 22.7 Å². The van der Waals surface area contributed by atoms with Crippen molar-refractivity contribution in [3.63, 3.8) is 0 Å². The minimum Gasteiger partial charge on any atom is -0.397 e. The first-order valence-electron chi connectivity index (χ1n) is 8.26. The number of nitrogens with zero attached hydrogens (tertiary/aromatic N) is 2.